The second-order valence-corrected chi connectivity index (χ2v) is 8.68. The minimum atomic E-state index is -0.941. The van der Waals surface area contributed by atoms with Crippen LogP contribution in [0.15, 0.2) is 91.0 Å². The number of ether oxygens (including phenoxy) is 2. The van der Waals surface area contributed by atoms with Crippen LogP contribution >= 0.6 is 0 Å². The van der Waals surface area contributed by atoms with Crippen LogP contribution in [-0.4, -0.2) is 47.9 Å². The number of likely N-dealkylation sites (tertiary alicyclic amines) is 1. The van der Waals surface area contributed by atoms with Crippen LogP contribution in [0, 0.1) is 0 Å². The molecule has 0 aromatic heterocycles. The van der Waals surface area contributed by atoms with Crippen LogP contribution in [0.2, 0.25) is 0 Å². The SMILES string of the molecule is O=C(N[C@@H](COCc1ccccc1)C(=O)N1CCC[C@H]1C(=O)OCc1ccccc1)c1ccccc1. The molecule has 0 aliphatic carbocycles. The molecule has 7 heteroatoms. The number of benzene rings is 3. The van der Waals surface area contributed by atoms with Crippen LogP contribution in [0.25, 0.3) is 0 Å². The summed E-state index contributed by atoms with van der Waals surface area (Å²) in [5, 5.41) is 2.81. The largest absolute Gasteiger partial charge is 0.459 e. The molecule has 1 fully saturated rings. The molecule has 0 bridgehead atoms. The van der Waals surface area contributed by atoms with Crippen LogP contribution < -0.4 is 5.32 Å². The van der Waals surface area contributed by atoms with E-state index in [2.05, 4.69) is 5.32 Å². The molecule has 1 heterocycles. The zero-order chi connectivity index (χ0) is 25.2. The molecule has 1 N–H and O–H groups in total. The molecular weight excluding hydrogens is 456 g/mol. The van der Waals surface area contributed by atoms with Gasteiger partial charge < -0.3 is 19.7 Å². The number of esters is 1. The number of amides is 2. The van der Waals surface area contributed by atoms with Crippen LogP contribution in [0.3, 0.4) is 0 Å². The summed E-state index contributed by atoms with van der Waals surface area (Å²) >= 11 is 0. The molecule has 2 amide bonds. The molecule has 0 saturated carbocycles. The topological polar surface area (TPSA) is 84.9 Å². The molecule has 0 spiro atoms. The van der Waals surface area contributed by atoms with Crippen molar-refractivity contribution in [3.63, 3.8) is 0 Å². The smallest absolute Gasteiger partial charge is 0.329 e. The van der Waals surface area contributed by atoms with Crippen molar-refractivity contribution >= 4 is 17.8 Å². The summed E-state index contributed by atoms with van der Waals surface area (Å²) in [6.45, 7) is 0.843. The Labute approximate surface area is 211 Å². The lowest BCUT2D eigenvalue weighted by Gasteiger charge is -2.28. The Kier molecular flexibility index (Phi) is 8.83. The highest BCUT2D eigenvalue weighted by Gasteiger charge is 2.38. The minimum absolute atomic E-state index is 0.0193. The first-order valence-corrected chi connectivity index (χ1v) is 12.1. The van der Waals surface area contributed by atoms with E-state index in [1.54, 1.807) is 24.3 Å². The summed E-state index contributed by atoms with van der Waals surface area (Å²) in [7, 11) is 0. The molecule has 1 aliphatic heterocycles. The maximum absolute atomic E-state index is 13.6. The molecule has 4 rings (SSSR count). The first-order valence-electron chi connectivity index (χ1n) is 12.1. The summed E-state index contributed by atoms with van der Waals surface area (Å²) in [6.07, 6.45) is 1.20. The zero-order valence-corrected chi connectivity index (χ0v) is 20.0. The summed E-state index contributed by atoms with van der Waals surface area (Å²) in [5.74, 6) is -1.17. The normalized spacial score (nSPS) is 15.8. The molecule has 7 nitrogen and oxygen atoms in total. The summed E-state index contributed by atoms with van der Waals surface area (Å²) in [6, 6.07) is 26.1. The number of hydrogen-bond acceptors (Lipinski definition) is 5. The molecule has 3 aromatic rings. The Morgan fingerprint density at radius 3 is 2.06 bits per heavy atom. The molecule has 2 atom stereocenters. The fourth-order valence-electron chi connectivity index (χ4n) is 4.18. The van der Waals surface area contributed by atoms with Crippen molar-refractivity contribution in [3.05, 3.63) is 108 Å². The highest BCUT2D eigenvalue weighted by Crippen LogP contribution is 2.21. The van der Waals surface area contributed by atoms with Crippen molar-refractivity contribution in [3.8, 4) is 0 Å². The van der Waals surface area contributed by atoms with E-state index in [1.807, 2.05) is 66.7 Å². The molecule has 36 heavy (non-hydrogen) atoms. The van der Waals surface area contributed by atoms with Crippen molar-refractivity contribution in [1.82, 2.24) is 10.2 Å². The van der Waals surface area contributed by atoms with Gasteiger partial charge in [0.1, 0.15) is 18.7 Å². The van der Waals surface area contributed by atoms with E-state index in [4.69, 9.17) is 9.47 Å². The third kappa shape index (κ3) is 6.79. The Bertz CT molecular complexity index is 1140. The van der Waals surface area contributed by atoms with Crippen LogP contribution in [-0.2, 0) is 32.3 Å². The van der Waals surface area contributed by atoms with Gasteiger partial charge in [-0.3, -0.25) is 9.59 Å². The van der Waals surface area contributed by atoms with Gasteiger partial charge in [-0.2, -0.15) is 0 Å². The van der Waals surface area contributed by atoms with E-state index in [0.29, 0.717) is 31.6 Å². The van der Waals surface area contributed by atoms with Crippen molar-refractivity contribution < 1.29 is 23.9 Å². The molecule has 1 saturated heterocycles. The highest BCUT2D eigenvalue weighted by molar-refractivity contribution is 5.98. The average molecular weight is 487 g/mol. The zero-order valence-electron chi connectivity index (χ0n) is 20.0. The Balaban J connectivity index is 1.43. The number of carbonyl (C=O) groups is 3. The van der Waals surface area contributed by atoms with Gasteiger partial charge >= 0.3 is 5.97 Å². The van der Waals surface area contributed by atoms with E-state index >= 15 is 0 Å². The molecular formula is C29H30N2O5. The van der Waals surface area contributed by atoms with Crippen molar-refractivity contribution in [1.29, 1.82) is 0 Å². The number of nitrogens with one attached hydrogen (secondary N) is 1. The summed E-state index contributed by atoms with van der Waals surface area (Å²) in [4.78, 5) is 40.8. The lowest BCUT2D eigenvalue weighted by molar-refractivity contribution is -0.155. The average Bonchev–Trinajstić information content (AvgIpc) is 3.42. The first kappa shape index (κ1) is 25.1. The molecule has 186 valence electrons. The quantitative estimate of drug-likeness (QED) is 0.442. The Morgan fingerprint density at radius 1 is 0.833 bits per heavy atom. The van der Waals surface area contributed by atoms with Crippen molar-refractivity contribution in [2.24, 2.45) is 0 Å². The van der Waals surface area contributed by atoms with Gasteiger partial charge in [0, 0.05) is 12.1 Å². The molecule has 3 aromatic carbocycles. The maximum atomic E-state index is 13.6. The predicted molar refractivity (Wildman–Crippen MR) is 135 cm³/mol. The first-order chi connectivity index (χ1) is 17.6. The van der Waals surface area contributed by atoms with Crippen LogP contribution in [0.4, 0.5) is 0 Å². The van der Waals surface area contributed by atoms with E-state index < -0.39 is 18.1 Å². The lowest BCUT2D eigenvalue weighted by atomic mass is 10.1. The standard InChI is InChI=1S/C29H30N2O5/c32-27(24-15-8-3-9-16-24)30-25(21-35-19-22-11-4-1-5-12-22)28(33)31-18-10-17-26(31)29(34)36-20-23-13-6-2-7-14-23/h1-9,11-16,25-26H,10,17-21H2,(H,30,32)/t25-,26-/m0/s1. The van der Waals surface area contributed by atoms with Gasteiger partial charge in [-0.1, -0.05) is 78.9 Å². The predicted octanol–water partition coefficient (Wildman–Crippen LogP) is 3.74. The third-order valence-electron chi connectivity index (χ3n) is 6.07. The van der Waals surface area contributed by atoms with Gasteiger partial charge in [0.05, 0.1) is 13.2 Å². The number of nitrogens with zero attached hydrogens (tertiary/aromatic N) is 1. The van der Waals surface area contributed by atoms with Gasteiger partial charge in [0.2, 0.25) is 5.91 Å². The molecule has 0 unspecified atom stereocenters. The van der Waals surface area contributed by atoms with Crippen molar-refractivity contribution in [2.45, 2.75) is 38.1 Å². The van der Waals surface area contributed by atoms with Gasteiger partial charge in [0.25, 0.3) is 5.91 Å². The van der Waals surface area contributed by atoms with Crippen LogP contribution in [0.1, 0.15) is 34.3 Å². The van der Waals surface area contributed by atoms with E-state index in [1.165, 1.54) is 4.90 Å². The van der Waals surface area contributed by atoms with Crippen LogP contribution in [0.5, 0.6) is 0 Å². The number of hydrogen-bond donors (Lipinski definition) is 1. The van der Waals surface area contributed by atoms with Crippen molar-refractivity contribution in [2.75, 3.05) is 13.2 Å². The van der Waals surface area contributed by atoms with Gasteiger partial charge in [-0.25, -0.2) is 4.79 Å². The second-order valence-electron chi connectivity index (χ2n) is 8.68. The van der Waals surface area contributed by atoms with Gasteiger partial charge in [0.15, 0.2) is 0 Å². The maximum Gasteiger partial charge on any atom is 0.329 e. The van der Waals surface area contributed by atoms with Gasteiger partial charge in [-0.15, -0.1) is 0 Å². The molecule has 0 radical (unpaired) electrons. The summed E-state index contributed by atoms with van der Waals surface area (Å²) in [5.41, 5.74) is 2.28. The number of rotatable bonds is 10. The Hall–Kier alpha value is -3.97. The van der Waals surface area contributed by atoms with E-state index in [-0.39, 0.29) is 25.0 Å². The second kappa shape index (κ2) is 12.7. The highest BCUT2D eigenvalue weighted by atomic mass is 16.5. The molecule has 1 aliphatic rings. The number of carbonyl (C=O) groups excluding carboxylic acids is 3. The third-order valence-corrected chi connectivity index (χ3v) is 6.07. The van der Waals surface area contributed by atoms with Gasteiger partial charge in [-0.05, 0) is 36.1 Å². The fraction of sp³-hybridized carbons (Fsp3) is 0.276. The van der Waals surface area contributed by atoms with E-state index in [0.717, 1.165) is 11.1 Å². The van der Waals surface area contributed by atoms with E-state index in [9.17, 15) is 14.4 Å². The monoisotopic (exact) mass is 486 g/mol. The minimum Gasteiger partial charge on any atom is -0.459 e. The Morgan fingerprint density at radius 2 is 1.42 bits per heavy atom. The fourth-order valence-corrected chi connectivity index (χ4v) is 4.18. The summed E-state index contributed by atoms with van der Waals surface area (Å²) < 4.78 is 11.3. The lowest BCUT2D eigenvalue weighted by Crippen LogP contribution is -2.53.